The molecule has 18 heavy (non-hydrogen) atoms. The monoisotopic (exact) mass is 250 g/mol. The molecule has 1 N–H and O–H groups in total. The Morgan fingerprint density at radius 1 is 1.17 bits per heavy atom. The third kappa shape index (κ3) is 2.07. The van der Waals surface area contributed by atoms with Crippen LogP contribution in [0.1, 0.15) is 58.3 Å². The number of amides is 1. The zero-order chi connectivity index (χ0) is 12.8. The van der Waals surface area contributed by atoms with Crippen LogP contribution in [0.2, 0.25) is 0 Å². The zero-order valence-corrected chi connectivity index (χ0v) is 11.7. The number of rotatable bonds is 2. The molecule has 1 amide bonds. The van der Waals surface area contributed by atoms with E-state index in [9.17, 15) is 4.79 Å². The van der Waals surface area contributed by atoms with E-state index in [4.69, 9.17) is 0 Å². The summed E-state index contributed by atoms with van der Waals surface area (Å²) in [6, 6.07) is 1.81. The minimum Gasteiger partial charge on any atom is -0.342 e. The fourth-order valence-corrected chi connectivity index (χ4v) is 4.30. The quantitative estimate of drug-likeness (QED) is 0.815. The third-order valence-corrected chi connectivity index (χ3v) is 5.54. The number of carbonyl (C=O) groups excluding carboxylic acids is 1. The average Bonchev–Trinajstić information content (AvgIpc) is 2.95. The minimum atomic E-state index is -0.0569. The van der Waals surface area contributed by atoms with Gasteiger partial charge in [-0.3, -0.25) is 4.79 Å². The summed E-state index contributed by atoms with van der Waals surface area (Å²) in [6.45, 7) is 2.18. The van der Waals surface area contributed by atoms with Crippen molar-refractivity contribution < 1.29 is 4.79 Å². The summed E-state index contributed by atoms with van der Waals surface area (Å²) in [5.74, 6) is 0.409. The van der Waals surface area contributed by atoms with Gasteiger partial charge in [0.05, 0.1) is 0 Å². The van der Waals surface area contributed by atoms with Crippen molar-refractivity contribution in [2.45, 2.75) is 76.4 Å². The molecule has 2 aliphatic heterocycles. The Morgan fingerprint density at radius 3 is 2.28 bits per heavy atom. The Hall–Kier alpha value is -0.570. The highest BCUT2D eigenvalue weighted by atomic mass is 16.2. The largest absolute Gasteiger partial charge is 0.342 e. The maximum absolute atomic E-state index is 12.7. The maximum atomic E-state index is 12.7. The second kappa shape index (κ2) is 4.52. The number of hydrogen-bond acceptors (Lipinski definition) is 2. The fraction of sp³-hybridized carbons (Fsp3) is 0.933. The molecule has 102 valence electrons. The van der Waals surface area contributed by atoms with E-state index in [0.29, 0.717) is 24.0 Å². The normalized spacial score (nSPS) is 37.8. The van der Waals surface area contributed by atoms with E-state index in [1.54, 1.807) is 0 Å². The lowest BCUT2D eigenvalue weighted by atomic mass is 9.86. The summed E-state index contributed by atoms with van der Waals surface area (Å²) >= 11 is 0. The SMILES string of the molecule is CN(C(=O)C1(C)CCCC1)C1CC2CCC(C1)N2. The summed E-state index contributed by atoms with van der Waals surface area (Å²) in [5, 5.41) is 3.66. The molecule has 3 aliphatic rings. The van der Waals surface area contributed by atoms with Crippen molar-refractivity contribution >= 4 is 5.91 Å². The molecular weight excluding hydrogens is 224 g/mol. The van der Waals surface area contributed by atoms with Gasteiger partial charge in [-0.05, 0) is 38.5 Å². The molecule has 2 atom stereocenters. The van der Waals surface area contributed by atoms with Crippen LogP contribution in [0.4, 0.5) is 0 Å². The predicted molar refractivity (Wildman–Crippen MR) is 72.3 cm³/mol. The molecule has 2 heterocycles. The number of hydrogen-bond donors (Lipinski definition) is 1. The first kappa shape index (κ1) is 12.5. The van der Waals surface area contributed by atoms with Crippen molar-refractivity contribution in [3.05, 3.63) is 0 Å². The van der Waals surface area contributed by atoms with Gasteiger partial charge >= 0.3 is 0 Å². The molecule has 1 saturated carbocycles. The van der Waals surface area contributed by atoms with Gasteiger partial charge in [-0.1, -0.05) is 19.8 Å². The summed E-state index contributed by atoms with van der Waals surface area (Å²) in [7, 11) is 2.04. The van der Waals surface area contributed by atoms with Crippen LogP contribution in [0.25, 0.3) is 0 Å². The zero-order valence-electron chi connectivity index (χ0n) is 11.7. The highest BCUT2D eigenvalue weighted by Gasteiger charge is 2.42. The van der Waals surface area contributed by atoms with Crippen LogP contribution in [0, 0.1) is 5.41 Å². The molecule has 0 spiro atoms. The smallest absolute Gasteiger partial charge is 0.228 e. The van der Waals surface area contributed by atoms with Crippen molar-refractivity contribution in [2.75, 3.05) is 7.05 Å². The first-order chi connectivity index (χ1) is 8.58. The van der Waals surface area contributed by atoms with Crippen LogP contribution in [0.5, 0.6) is 0 Å². The minimum absolute atomic E-state index is 0.0569. The third-order valence-electron chi connectivity index (χ3n) is 5.54. The van der Waals surface area contributed by atoms with Crippen molar-refractivity contribution in [3.8, 4) is 0 Å². The number of nitrogens with one attached hydrogen (secondary N) is 1. The molecular formula is C15H26N2O. The molecule has 3 heteroatoms. The van der Waals surface area contributed by atoms with Gasteiger partial charge in [0.1, 0.15) is 0 Å². The molecule has 3 rings (SSSR count). The molecule has 0 aromatic rings. The van der Waals surface area contributed by atoms with E-state index >= 15 is 0 Å². The van der Waals surface area contributed by atoms with E-state index in [0.717, 1.165) is 25.7 Å². The molecule has 3 fully saturated rings. The maximum Gasteiger partial charge on any atom is 0.228 e. The Kier molecular flexibility index (Phi) is 3.13. The summed E-state index contributed by atoms with van der Waals surface area (Å²) in [4.78, 5) is 14.8. The number of nitrogens with zero attached hydrogens (tertiary/aromatic N) is 1. The van der Waals surface area contributed by atoms with Crippen molar-refractivity contribution in [1.82, 2.24) is 10.2 Å². The van der Waals surface area contributed by atoms with Gasteiger partial charge < -0.3 is 10.2 Å². The topological polar surface area (TPSA) is 32.3 Å². The Balaban J connectivity index is 1.67. The molecule has 2 bridgehead atoms. The molecule has 2 saturated heterocycles. The van der Waals surface area contributed by atoms with Gasteiger partial charge in [-0.25, -0.2) is 0 Å². The van der Waals surface area contributed by atoms with Crippen molar-refractivity contribution in [1.29, 1.82) is 0 Å². The van der Waals surface area contributed by atoms with Gasteiger partial charge in [0, 0.05) is 30.6 Å². The van der Waals surface area contributed by atoms with Crippen LogP contribution >= 0.6 is 0 Å². The summed E-state index contributed by atoms with van der Waals surface area (Å²) in [5.41, 5.74) is -0.0569. The lowest BCUT2D eigenvalue weighted by Gasteiger charge is -2.39. The Labute approximate surface area is 110 Å². The van der Waals surface area contributed by atoms with Crippen LogP contribution < -0.4 is 5.32 Å². The molecule has 0 radical (unpaired) electrons. The van der Waals surface area contributed by atoms with Crippen LogP contribution in [0.15, 0.2) is 0 Å². The fourth-order valence-electron chi connectivity index (χ4n) is 4.30. The highest BCUT2D eigenvalue weighted by Crippen LogP contribution is 2.40. The molecule has 0 aromatic carbocycles. The first-order valence-corrected chi connectivity index (χ1v) is 7.62. The Morgan fingerprint density at radius 2 is 1.72 bits per heavy atom. The molecule has 2 unspecified atom stereocenters. The van der Waals surface area contributed by atoms with Crippen molar-refractivity contribution in [2.24, 2.45) is 5.41 Å². The lowest BCUT2D eigenvalue weighted by Crippen LogP contribution is -2.51. The molecule has 3 nitrogen and oxygen atoms in total. The summed E-state index contributed by atoms with van der Waals surface area (Å²) < 4.78 is 0. The van der Waals surface area contributed by atoms with E-state index < -0.39 is 0 Å². The highest BCUT2D eigenvalue weighted by molar-refractivity contribution is 5.82. The Bertz CT molecular complexity index is 323. The number of fused-ring (bicyclic) bond motifs is 2. The molecule has 0 aromatic heterocycles. The van der Waals surface area contributed by atoms with Gasteiger partial charge in [0.15, 0.2) is 0 Å². The van der Waals surface area contributed by atoms with Gasteiger partial charge in [0.2, 0.25) is 5.91 Å². The van der Waals surface area contributed by atoms with Crippen molar-refractivity contribution in [3.63, 3.8) is 0 Å². The van der Waals surface area contributed by atoms with Crippen LogP contribution in [-0.4, -0.2) is 36.0 Å². The molecule has 1 aliphatic carbocycles. The second-order valence-electron chi connectivity index (χ2n) is 6.95. The van der Waals surface area contributed by atoms with Gasteiger partial charge in [0.25, 0.3) is 0 Å². The van der Waals surface area contributed by atoms with E-state index in [-0.39, 0.29) is 5.41 Å². The predicted octanol–water partition coefficient (Wildman–Crippen LogP) is 2.31. The van der Waals surface area contributed by atoms with E-state index in [1.165, 1.54) is 25.7 Å². The first-order valence-electron chi connectivity index (χ1n) is 7.62. The number of piperidine rings is 1. The van der Waals surface area contributed by atoms with Gasteiger partial charge in [-0.15, -0.1) is 0 Å². The van der Waals surface area contributed by atoms with E-state index in [2.05, 4.69) is 17.1 Å². The second-order valence-corrected chi connectivity index (χ2v) is 6.95. The lowest BCUT2D eigenvalue weighted by molar-refractivity contribution is -0.142. The van der Waals surface area contributed by atoms with Gasteiger partial charge in [-0.2, -0.15) is 0 Å². The standard InChI is InChI=1S/C15H26N2O/c1-15(7-3-4-8-15)14(18)17(2)13-9-11-5-6-12(10-13)16-11/h11-13,16H,3-10H2,1-2H3. The van der Waals surface area contributed by atoms with Crippen LogP contribution in [0.3, 0.4) is 0 Å². The summed E-state index contributed by atoms with van der Waals surface area (Å²) in [6.07, 6.45) is 9.58. The average molecular weight is 250 g/mol. The van der Waals surface area contributed by atoms with E-state index in [1.807, 2.05) is 7.05 Å². The number of carbonyl (C=O) groups is 1. The van der Waals surface area contributed by atoms with Crippen LogP contribution in [-0.2, 0) is 4.79 Å².